The zero-order valence-electron chi connectivity index (χ0n) is 4.66. The van der Waals surface area contributed by atoms with Crippen LogP contribution in [0.15, 0.2) is 4.63 Å². The van der Waals surface area contributed by atoms with E-state index in [4.69, 9.17) is 5.26 Å². The Labute approximate surface area is 50.6 Å². The molecular formula is C4H3N3O2. The first-order valence-electron chi connectivity index (χ1n) is 2.22. The molecule has 9 heavy (non-hydrogen) atoms. The Morgan fingerprint density at radius 1 is 1.89 bits per heavy atom. The quantitative estimate of drug-likeness (QED) is 0.437. The Hall–Kier alpha value is -1.57. The third kappa shape index (κ3) is 0.700. The first-order valence-corrected chi connectivity index (χ1v) is 2.22. The molecule has 0 aliphatic rings. The molecule has 1 rings (SSSR count). The predicted octanol–water partition coefficient (Wildman–Crippen LogP) is -0.512. The maximum Gasteiger partial charge on any atom is 0.319 e. The fraction of sp³-hybridized carbons (Fsp3) is 0.250. The van der Waals surface area contributed by atoms with Crippen molar-refractivity contribution in [2.45, 2.75) is 6.92 Å². The van der Waals surface area contributed by atoms with Crippen molar-refractivity contribution >= 4 is 0 Å². The molecule has 0 N–H and O–H groups in total. The van der Waals surface area contributed by atoms with Crippen molar-refractivity contribution in [3.05, 3.63) is 16.6 Å². The van der Waals surface area contributed by atoms with E-state index >= 15 is 0 Å². The molecule has 0 unspecified atom stereocenters. The van der Waals surface area contributed by atoms with Gasteiger partial charge in [-0.3, -0.25) is 4.63 Å². The van der Waals surface area contributed by atoms with E-state index in [-0.39, 0.29) is 16.3 Å². The summed E-state index contributed by atoms with van der Waals surface area (Å²) in [6.07, 6.45) is 0. The van der Waals surface area contributed by atoms with Gasteiger partial charge in [-0.25, -0.2) is 0 Å². The number of nitrogens with zero attached hydrogens (tertiary/aromatic N) is 3. The molecule has 0 spiro atoms. The van der Waals surface area contributed by atoms with Crippen LogP contribution < -0.4 is 4.90 Å². The van der Waals surface area contributed by atoms with E-state index in [0.29, 0.717) is 0 Å². The van der Waals surface area contributed by atoms with Crippen molar-refractivity contribution in [1.29, 1.82) is 5.26 Å². The number of rotatable bonds is 0. The standard InChI is InChI=1S/C4H3N3O2/c1-3-4(2-5)6-9-7(3)8/h1H3. The lowest BCUT2D eigenvalue weighted by Gasteiger charge is -1.81. The highest BCUT2D eigenvalue weighted by Crippen LogP contribution is 1.93. The molecule has 0 aromatic carbocycles. The molecule has 0 saturated carbocycles. The molecule has 5 heteroatoms. The van der Waals surface area contributed by atoms with Crippen LogP contribution in [0.3, 0.4) is 0 Å². The highest BCUT2D eigenvalue weighted by Gasteiger charge is 2.11. The topological polar surface area (TPSA) is 76.8 Å². The van der Waals surface area contributed by atoms with E-state index in [2.05, 4.69) is 9.79 Å². The van der Waals surface area contributed by atoms with Crippen LogP contribution in [-0.2, 0) is 0 Å². The van der Waals surface area contributed by atoms with Crippen LogP contribution in [0.25, 0.3) is 0 Å². The van der Waals surface area contributed by atoms with Crippen LogP contribution in [0.4, 0.5) is 0 Å². The number of aromatic nitrogens is 2. The van der Waals surface area contributed by atoms with Crippen molar-refractivity contribution in [3.63, 3.8) is 0 Å². The fourth-order valence-corrected chi connectivity index (χ4v) is 0.393. The van der Waals surface area contributed by atoms with Crippen molar-refractivity contribution in [2.24, 2.45) is 0 Å². The molecule has 46 valence electrons. The van der Waals surface area contributed by atoms with Crippen molar-refractivity contribution in [2.75, 3.05) is 0 Å². The Morgan fingerprint density at radius 3 is 2.78 bits per heavy atom. The van der Waals surface area contributed by atoms with Crippen molar-refractivity contribution in [1.82, 2.24) is 5.16 Å². The third-order valence-corrected chi connectivity index (χ3v) is 0.929. The summed E-state index contributed by atoms with van der Waals surface area (Å²) >= 11 is 0. The molecular weight excluding hydrogens is 122 g/mol. The molecule has 0 radical (unpaired) electrons. The van der Waals surface area contributed by atoms with E-state index < -0.39 is 0 Å². The SMILES string of the molecule is Cc1c(C#N)no[n+]1[O-]. The highest BCUT2D eigenvalue weighted by molar-refractivity contribution is 5.18. The lowest BCUT2D eigenvalue weighted by atomic mass is 10.4. The monoisotopic (exact) mass is 125 g/mol. The number of hydrogen-bond donors (Lipinski definition) is 0. The smallest absolute Gasteiger partial charge is 0.319 e. The maximum absolute atomic E-state index is 10.3. The summed E-state index contributed by atoms with van der Waals surface area (Å²) in [6.45, 7) is 1.46. The summed E-state index contributed by atoms with van der Waals surface area (Å²) in [4.78, 5) is 0.193. The normalized spacial score (nSPS) is 8.89. The molecule has 0 bridgehead atoms. The minimum atomic E-state index is 0.0324. The summed E-state index contributed by atoms with van der Waals surface area (Å²) in [6, 6.07) is 1.69. The molecule has 5 nitrogen and oxygen atoms in total. The van der Waals surface area contributed by atoms with E-state index in [1.54, 1.807) is 6.07 Å². The van der Waals surface area contributed by atoms with Crippen LogP contribution in [0.2, 0.25) is 0 Å². The third-order valence-electron chi connectivity index (χ3n) is 0.929. The Balaban J connectivity index is 3.24. The molecule has 0 amide bonds. The summed E-state index contributed by atoms with van der Waals surface area (Å²) in [7, 11) is 0. The van der Waals surface area contributed by atoms with E-state index in [1.807, 2.05) is 0 Å². The first-order chi connectivity index (χ1) is 4.25. The zero-order valence-corrected chi connectivity index (χ0v) is 4.66. The second kappa shape index (κ2) is 1.74. The molecule has 0 atom stereocenters. The van der Waals surface area contributed by atoms with Crippen LogP contribution in [0.5, 0.6) is 0 Å². The largest absolute Gasteiger partial charge is 0.359 e. The van der Waals surface area contributed by atoms with Gasteiger partial charge < -0.3 is 5.21 Å². The summed E-state index contributed by atoms with van der Waals surface area (Å²) < 4.78 is 4.07. The van der Waals surface area contributed by atoms with Gasteiger partial charge in [-0.1, -0.05) is 0 Å². The average Bonchev–Trinajstić information content (AvgIpc) is 2.15. The Morgan fingerprint density at radius 2 is 2.56 bits per heavy atom. The number of nitriles is 1. The van der Waals surface area contributed by atoms with Gasteiger partial charge in [0.05, 0.1) is 5.16 Å². The minimum Gasteiger partial charge on any atom is -0.359 e. The zero-order chi connectivity index (χ0) is 6.85. The fourth-order valence-electron chi connectivity index (χ4n) is 0.393. The van der Waals surface area contributed by atoms with Gasteiger partial charge in [0.25, 0.3) is 0 Å². The van der Waals surface area contributed by atoms with Gasteiger partial charge in [-0.05, 0) is 4.90 Å². The predicted molar refractivity (Wildman–Crippen MR) is 24.9 cm³/mol. The van der Waals surface area contributed by atoms with Crippen LogP contribution in [-0.4, -0.2) is 5.16 Å². The maximum atomic E-state index is 10.3. The van der Waals surface area contributed by atoms with E-state index in [1.165, 1.54) is 6.92 Å². The molecule has 0 aliphatic heterocycles. The van der Waals surface area contributed by atoms with Gasteiger partial charge in [0.15, 0.2) is 6.07 Å². The summed E-state index contributed by atoms with van der Waals surface area (Å²) in [5.41, 5.74) is 0.225. The molecule has 1 heterocycles. The van der Waals surface area contributed by atoms with Gasteiger partial charge in [0.2, 0.25) is 5.69 Å². The van der Waals surface area contributed by atoms with Gasteiger partial charge in [0.1, 0.15) is 0 Å². The highest BCUT2D eigenvalue weighted by atomic mass is 16.8. The molecule has 0 aliphatic carbocycles. The average molecular weight is 125 g/mol. The summed E-state index contributed by atoms with van der Waals surface area (Å²) in [5.74, 6) is 0. The summed E-state index contributed by atoms with van der Waals surface area (Å²) in [5, 5.41) is 21.7. The molecule has 0 fully saturated rings. The van der Waals surface area contributed by atoms with Crippen LogP contribution in [0.1, 0.15) is 11.4 Å². The van der Waals surface area contributed by atoms with Crippen LogP contribution in [0, 0.1) is 23.5 Å². The lowest BCUT2D eigenvalue weighted by Crippen LogP contribution is -2.25. The second-order valence-corrected chi connectivity index (χ2v) is 1.48. The Bertz CT molecular complexity index is 259. The second-order valence-electron chi connectivity index (χ2n) is 1.48. The van der Waals surface area contributed by atoms with Crippen molar-refractivity contribution < 1.29 is 9.53 Å². The van der Waals surface area contributed by atoms with E-state index in [0.717, 1.165) is 0 Å². The van der Waals surface area contributed by atoms with Gasteiger partial charge in [-0.15, -0.1) is 0 Å². The molecule has 0 saturated heterocycles. The van der Waals surface area contributed by atoms with E-state index in [9.17, 15) is 5.21 Å². The molecule has 1 aromatic heterocycles. The van der Waals surface area contributed by atoms with Crippen LogP contribution >= 0.6 is 0 Å². The lowest BCUT2D eigenvalue weighted by molar-refractivity contribution is -0.806. The van der Waals surface area contributed by atoms with Gasteiger partial charge in [-0.2, -0.15) is 5.26 Å². The van der Waals surface area contributed by atoms with Crippen molar-refractivity contribution in [3.8, 4) is 6.07 Å². The van der Waals surface area contributed by atoms with Gasteiger partial charge in [0, 0.05) is 6.92 Å². The Kier molecular flexibility index (Phi) is 1.08. The minimum absolute atomic E-state index is 0.0324. The van der Waals surface area contributed by atoms with Gasteiger partial charge >= 0.3 is 5.69 Å². The number of hydrogen-bond acceptors (Lipinski definition) is 4. The first kappa shape index (κ1) is 5.56. The molecule has 1 aromatic rings.